The molecule has 0 heterocycles. The third-order valence-electron chi connectivity index (χ3n) is 11.6. The summed E-state index contributed by atoms with van der Waals surface area (Å²) in [5.41, 5.74) is 7.45. The van der Waals surface area contributed by atoms with Gasteiger partial charge in [0.2, 0.25) is 0 Å². The number of hydrogen-bond acceptors (Lipinski definition) is 3. The van der Waals surface area contributed by atoms with Crippen molar-refractivity contribution in [2.24, 2.45) is 22.7 Å². The van der Waals surface area contributed by atoms with Crippen LogP contribution in [0.2, 0.25) is 0 Å². The van der Waals surface area contributed by atoms with Gasteiger partial charge in [-0.1, -0.05) is 108 Å². The van der Waals surface area contributed by atoms with Gasteiger partial charge >= 0.3 is 11.9 Å². The minimum Gasteiger partial charge on any atom is -0.481 e. The van der Waals surface area contributed by atoms with E-state index in [2.05, 4.69) is 48.5 Å². The molecule has 0 amide bonds. The number of rotatable bonds is 24. The average Bonchev–Trinajstić information content (AvgIpc) is 2.97. The lowest BCUT2D eigenvalue weighted by atomic mass is 9.66. The van der Waals surface area contributed by atoms with Crippen LogP contribution in [0.25, 0.3) is 0 Å². The second-order valence-electron chi connectivity index (χ2n) is 16.6. The Labute approximate surface area is 285 Å². The van der Waals surface area contributed by atoms with Crippen molar-refractivity contribution >= 4 is 11.9 Å². The normalized spacial score (nSPS) is 20.2. The molecule has 0 bridgehead atoms. The lowest BCUT2D eigenvalue weighted by Gasteiger charge is -2.40. The predicted molar refractivity (Wildman–Crippen MR) is 195 cm³/mol. The summed E-state index contributed by atoms with van der Waals surface area (Å²) in [5.74, 6) is 0.662. The van der Waals surface area contributed by atoms with Crippen LogP contribution in [-0.4, -0.2) is 23.7 Å². The number of carbonyl (C=O) groups is 2. The summed E-state index contributed by atoms with van der Waals surface area (Å²) >= 11 is 0. The minimum atomic E-state index is -0.672. The molecule has 0 fully saturated rings. The first-order chi connectivity index (χ1) is 21.8. The zero-order valence-electron chi connectivity index (χ0n) is 31.5. The summed E-state index contributed by atoms with van der Waals surface area (Å²) in [6, 6.07) is 0. The Kier molecular flexibility index (Phi) is 18.9. The molecule has 0 aromatic carbocycles. The van der Waals surface area contributed by atoms with Crippen LogP contribution in [-0.2, 0) is 14.3 Å². The van der Waals surface area contributed by atoms with E-state index in [1.807, 2.05) is 0 Å². The maximum atomic E-state index is 12.3. The Morgan fingerprint density at radius 1 is 0.761 bits per heavy atom. The lowest BCUT2D eigenvalue weighted by molar-refractivity contribution is -0.144. The molecule has 0 spiro atoms. The van der Waals surface area contributed by atoms with E-state index in [4.69, 9.17) is 9.84 Å². The zero-order chi connectivity index (χ0) is 34.0. The maximum absolute atomic E-state index is 12.3. The summed E-state index contributed by atoms with van der Waals surface area (Å²) in [4.78, 5) is 23.0. The first-order valence-corrected chi connectivity index (χ1v) is 19.6. The molecule has 0 radical (unpaired) electrons. The molecule has 2 rings (SSSR count). The summed E-state index contributed by atoms with van der Waals surface area (Å²) in [7, 11) is 0. The largest absolute Gasteiger partial charge is 0.481 e. The van der Waals surface area contributed by atoms with Crippen LogP contribution in [0.5, 0.6) is 0 Å². The van der Waals surface area contributed by atoms with Gasteiger partial charge in [0.15, 0.2) is 0 Å². The van der Waals surface area contributed by atoms with E-state index in [0.717, 1.165) is 44.9 Å². The highest BCUT2D eigenvalue weighted by atomic mass is 16.5. The molecular formula is C42H74O4. The fraction of sp³-hybridized carbons (Fsp3) is 0.857. The molecule has 1 unspecified atom stereocenters. The number of aliphatic carboxylic acids is 1. The third-order valence-corrected chi connectivity index (χ3v) is 11.6. The number of hydrogen-bond donors (Lipinski definition) is 1. The van der Waals surface area contributed by atoms with Gasteiger partial charge in [-0.15, -0.1) is 0 Å². The number of carboxylic acid groups (broad SMARTS) is 1. The maximum Gasteiger partial charge on any atom is 0.305 e. The van der Waals surface area contributed by atoms with E-state index in [1.54, 1.807) is 22.3 Å². The Morgan fingerprint density at radius 3 is 1.91 bits per heavy atom. The zero-order valence-corrected chi connectivity index (χ0v) is 31.5. The molecule has 4 nitrogen and oxygen atoms in total. The van der Waals surface area contributed by atoms with Crippen LogP contribution in [0.1, 0.15) is 203 Å². The monoisotopic (exact) mass is 643 g/mol. The van der Waals surface area contributed by atoms with Crippen molar-refractivity contribution in [1.29, 1.82) is 0 Å². The molecule has 0 aromatic rings. The summed E-state index contributed by atoms with van der Waals surface area (Å²) in [6.45, 7) is 17.4. The number of carbonyl (C=O) groups excluding carboxylic acids is 1. The molecule has 2 aliphatic rings. The van der Waals surface area contributed by atoms with Crippen molar-refractivity contribution < 1.29 is 19.4 Å². The summed E-state index contributed by atoms with van der Waals surface area (Å²) < 4.78 is 5.61. The van der Waals surface area contributed by atoms with Crippen LogP contribution < -0.4 is 0 Å². The SMILES string of the molecule is CC1=C(CCCCCCCCC(=O)OCCC[C@@H](C)CC2CCC(C)(C)C(CCCCCCCCC(=O)O)=C2C)C(C)(C)CCC1. The van der Waals surface area contributed by atoms with Crippen LogP contribution in [0.3, 0.4) is 0 Å². The Bertz CT molecular complexity index is 968. The molecule has 0 aromatic heterocycles. The van der Waals surface area contributed by atoms with Gasteiger partial charge in [0.05, 0.1) is 6.61 Å². The van der Waals surface area contributed by atoms with Crippen LogP contribution in [0, 0.1) is 22.7 Å². The van der Waals surface area contributed by atoms with Crippen LogP contribution in [0.15, 0.2) is 22.3 Å². The number of ether oxygens (including phenoxy) is 1. The second-order valence-corrected chi connectivity index (χ2v) is 16.6. The Morgan fingerprint density at radius 2 is 1.30 bits per heavy atom. The van der Waals surface area contributed by atoms with Gasteiger partial charge < -0.3 is 9.84 Å². The van der Waals surface area contributed by atoms with Gasteiger partial charge in [0.1, 0.15) is 0 Å². The fourth-order valence-corrected chi connectivity index (χ4v) is 8.60. The van der Waals surface area contributed by atoms with E-state index in [9.17, 15) is 9.59 Å². The lowest BCUT2D eigenvalue weighted by Crippen LogP contribution is -2.26. The first-order valence-electron chi connectivity index (χ1n) is 19.6. The number of unbranched alkanes of at least 4 members (excludes halogenated alkanes) is 10. The van der Waals surface area contributed by atoms with Crippen molar-refractivity contribution in [2.45, 2.75) is 203 Å². The second kappa shape index (κ2) is 21.4. The molecule has 2 atom stereocenters. The van der Waals surface area contributed by atoms with Crippen LogP contribution >= 0.6 is 0 Å². The number of allylic oxidation sites excluding steroid dienone is 4. The molecule has 266 valence electrons. The van der Waals surface area contributed by atoms with E-state index < -0.39 is 5.97 Å². The van der Waals surface area contributed by atoms with Crippen molar-refractivity contribution in [3.8, 4) is 0 Å². The molecule has 0 saturated carbocycles. The molecule has 4 heteroatoms. The van der Waals surface area contributed by atoms with Crippen molar-refractivity contribution in [1.82, 2.24) is 0 Å². The molecule has 1 N–H and O–H groups in total. The number of esters is 1. The quantitative estimate of drug-likeness (QED) is 0.0646. The highest BCUT2D eigenvalue weighted by Gasteiger charge is 2.33. The van der Waals surface area contributed by atoms with Gasteiger partial charge in [-0.25, -0.2) is 0 Å². The summed E-state index contributed by atoms with van der Waals surface area (Å²) in [5, 5.41) is 8.79. The fourth-order valence-electron chi connectivity index (χ4n) is 8.60. The molecule has 0 saturated heterocycles. The molecular weight excluding hydrogens is 568 g/mol. The minimum absolute atomic E-state index is 0.00668. The Balaban J connectivity index is 1.54. The van der Waals surface area contributed by atoms with Crippen LogP contribution in [0.4, 0.5) is 0 Å². The van der Waals surface area contributed by atoms with Gasteiger partial charge in [-0.3, -0.25) is 9.59 Å². The summed E-state index contributed by atoms with van der Waals surface area (Å²) in [6.07, 6.45) is 27.3. The highest BCUT2D eigenvalue weighted by Crippen LogP contribution is 2.47. The smallest absolute Gasteiger partial charge is 0.305 e. The third kappa shape index (κ3) is 15.5. The van der Waals surface area contributed by atoms with E-state index in [1.165, 1.54) is 96.3 Å². The average molecular weight is 643 g/mol. The molecule has 0 aliphatic heterocycles. The number of carboxylic acids is 1. The van der Waals surface area contributed by atoms with Gasteiger partial charge in [-0.2, -0.15) is 0 Å². The van der Waals surface area contributed by atoms with E-state index in [0.29, 0.717) is 42.1 Å². The van der Waals surface area contributed by atoms with E-state index >= 15 is 0 Å². The topological polar surface area (TPSA) is 63.6 Å². The van der Waals surface area contributed by atoms with Gasteiger partial charge in [0, 0.05) is 12.8 Å². The van der Waals surface area contributed by atoms with Crippen molar-refractivity contribution in [2.75, 3.05) is 6.61 Å². The highest BCUT2D eigenvalue weighted by molar-refractivity contribution is 5.69. The van der Waals surface area contributed by atoms with Gasteiger partial charge in [0.25, 0.3) is 0 Å². The molecule has 46 heavy (non-hydrogen) atoms. The van der Waals surface area contributed by atoms with Crippen molar-refractivity contribution in [3.05, 3.63) is 22.3 Å². The predicted octanol–water partition coefficient (Wildman–Crippen LogP) is 12.9. The van der Waals surface area contributed by atoms with E-state index in [-0.39, 0.29) is 5.97 Å². The van der Waals surface area contributed by atoms with Crippen molar-refractivity contribution in [3.63, 3.8) is 0 Å². The van der Waals surface area contributed by atoms with Gasteiger partial charge in [-0.05, 0) is 126 Å². The standard InChI is InChI=1S/C42H74O4/c1-33(32-36-28-30-42(6,7)38(35(36)3)25-17-13-8-10-14-18-26-39(43)44)22-21-31-46-40(45)27-19-15-11-9-12-16-24-37-34(2)23-20-29-41(37,4)5/h33,36H,8-32H2,1-7H3,(H,43,44)/t33-,36?/m1/s1. The first kappa shape index (κ1) is 40.6. The molecule has 2 aliphatic carbocycles. The Hall–Kier alpha value is -1.58.